The Labute approximate surface area is 154 Å². The zero-order valence-corrected chi connectivity index (χ0v) is 14.6. The van der Waals surface area contributed by atoms with Crippen LogP contribution in [-0.4, -0.2) is 46.7 Å². The zero-order valence-electron chi connectivity index (χ0n) is 14.6. The molecule has 2 aliphatic heterocycles. The average Bonchev–Trinajstić information content (AvgIpc) is 3.27. The lowest BCUT2D eigenvalue weighted by Crippen LogP contribution is -2.52. The van der Waals surface area contributed by atoms with E-state index in [-0.39, 0.29) is 24.8 Å². The van der Waals surface area contributed by atoms with Crippen molar-refractivity contribution in [3.8, 4) is 11.1 Å². The molecule has 1 saturated heterocycles. The molecule has 1 aromatic carbocycles. The third kappa shape index (κ3) is 2.79. The maximum absolute atomic E-state index is 12.8. The van der Waals surface area contributed by atoms with Crippen LogP contribution in [0.3, 0.4) is 0 Å². The van der Waals surface area contributed by atoms with Gasteiger partial charge in [0.15, 0.2) is 0 Å². The molecule has 1 unspecified atom stereocenters. The number of esters is 1. The number of aromatic amines is 1. The van der Waals surface area contributed by atoms with Gasteiger partial charge in [-0.1, -0.05) is 12.1 Å². The Bertz CT molecular complexity index is 977. The summed E-state index contributed by atoms with van der Waals surface area (Å²) < 4.78 is 4.71. The van der Waals surface area contributed by atoms with Gasteiger partial charge in [0, 0.05) is 30.3 Å². The summed E-state index contributed by atoms with van der Waals surface area (Å²) in [4.78, 5) is 52.4. The second-order valence-corrected chi connectivity index (χ2v) is 6.53. The molecule has 4 rings (SSSR count). The Morgan fingerprint density at radius 3 is 2.74 bits per heavy atom. The summed E-state index contributed by atoms with van der Waals surface area (Å²) in [5.74, 6) is -1.47. The molecule has 0 aliphatic carbocycles. The fourth-order valence-corrected chi connectivity index (χ4v) is 3.63. The number of methoxy groups -OCH3 is 1. The number of fused-ring (bicyclic) bond motifs is 1. The average molecular weight is 367 g/mol. The van der Waals surface area contributed by atoms with E-state index in [9.17, 15) is 19.2 Å². The van der Waals surface area contributed by atoms with Crippen molar-refractivity contribution in [2.24, 2.45) is 0 Å². The fourth-order valence-electron chi connectivity index (χ4n) is 3.63. The highest BCUT2D eigenvalue weighted by molar-refractivity contribution is 6.06. The Kier molecular flexibility index (Phi) is 4.02. The van der Waals surface area contributed by atoms with Gasteiger partial charge in [-0.2, -0.15) is 0 Å². The maximum Gasteiger partial charge on any atom is 0.354 e. The number of aromatic nitrogens is 1. The van der Waals surface area contributed by atoms with Gasteiger partial charge in [-0.05, 0) is 29.7 Å². The van der Waals surface area contributed by atoms with E-state index >= 15 is 0 Å². The number of nitrogens with one attached hydrogen (secondary N) is 2. The van der Waals surface area contributed by atoms with Gasteiger partial charge in [0.1, 0.15) is 11.7 Å². The predicted octanol–water partition coefficient (Wildman–Crippen LogP) is 1.23. The molecule has 1 aromatic heterocycles. The number of piperidine rings is 1. The van der Waals surface area contributed by atoms with Crippen LogP contribution in [0, 0.1) is 0 Å². The first-order valence-corrected chi connectivity index (χ1v) is 8.53. The molecule has 0 saturated carbocycles. The zero-order chi connectivity index (χ0) is 19.1. The molecular weight excluding hydrogens is 350 g/mol. The topological polar surface area (TPSA) is 109 Å². The molecular formula is C19H17N3O5. The van der Waals surface area contributed by atoms with Crippen molar-refractivity contribution in [2.75, 3.05) is 7.11 Å². The van der Waals surface area contributed by atoms with E-state index in [1.54, 1.807) is 24.4 Å². The molecule has 2 N–H and O–H groups in total. The van der Waals surface area contributed by atoms with Crippen LogP contribution in [-0.2, 0) is 20.9 Å². The molecule has 3 amide bonds. The van der Waals surface area contributed by atoms with Gasteiger partial charge in [-0.25, -0.2) is 4.79 Å². The summed E-state index contributed by atoms with van der Waals surface area (Å²) in [5.41, 5.74) is 3.20. The number of carbonyl (C=O) groups excluding carboxylic acids is 4. The molecule has 8 nitrogen and oxygen atoms in total. The second kappa shape index (κ2) is 6.39. The van der Waals surface area contributed by atoms with Crippen LogP contribution in [0.4, 0.5) is 0 Å². The van der Waals surface area contributed by atoms with Gasteiger partial charge < -0.3 is 14.6 Å². The van der Waals surface area contributed by atoms with Crippen molar-refractivity contribution < 1.29 is 23.9 Å². The van der Waals surface area contributed by atoms with Crippen LogP contribution in [0.5, 0.6) is 0 Å². The van der Waals surface area contributed by atoms with E-state index in [0.717, 1.165) is 16.7 Å². The Balaban J connectivity index is 1.67. The van der Waals surface area contributed by atoms with Crippen LogP contribution in [0.15, 0.2) is 30.5 Å². The monoisotopic (exact) mass is 367 g/mol. The molecule has 3 heterocycles. The molecule has 27 heavy (non-hydrogen) atoms. The Morgan fingerprint density at radius 2 is 2.00 bits per heavy atom. The van der Waals surface area contributed by atoms with Crippen molar-refractivity contribution in [1.82, 2.24) is 15.2 Å². The van der Waals surface area contributed by atoms with Gasteiger partial charge in [-0.15, -0.1) is 0 Å². The lowest BCUT2D eigenvalue weighted by atomic mass is 9.99. The summed E-state index contributed by atoms with van der Waals surface area (Å²) in [5, 5.41) is 2.29. The van der Waals surface area contributed by atoms with Crippen molar-refractivity contribution in [1.29, 1.82) is 0 Å². The van der Waals surface area contributed by atoms with E-state index in [1.807, 2.05) is 6.07 Å². The third-order valence-corrected chi connectivity index (χ3v) is 4.98. The molecule has 0 radical (unpaired) electrons. The molecule has 8 heteroatoms. The number of benzene rings is 1. The smallest absolute Gasteiger partial charge is 0.354 e. The molecule has 0 spiro atoms. The largest absolute Gasteiger partial charge is 0.464 e. The summed E-state index contributed by atoms with van der Waals surface area (Å²) >= 11 is 0. The van der Waals surface area contributed by atoms with Crippen molar-refractivity contribution in [3.63, 3.8) is 0 Å². The van der Waals surface area contributed by atoms with Crippen LogP contribution < -0.4 is 5.32 Å². The van der Waals surface area contributed by atoms with Gasteiger partial charge >= 0.3 is 5.97 Å². The quantitative estimate of drug-likeness (QED) is 0.627. The number of H-pyrrole nitrogens is 1. The van der Waals surface area contributed by atoms with Crippen molar-refractivity contribution in [2.45, 2.75) is 25.4 Å². The minimum absolute atomic E-state index is 0.212. The maximum atomic E-state index is 12.8. The van der Waals surface area contributed by atoms with Crippen LogP contribution in [0.2, 0.25) is 0 Å². The minimum Gasteiger partial charge on any atom is -0.464 e. The Morgan fingerprint density at radius 1 is 1.22 bits per heavy atom. The van der Waals surface area contributed by atoms with E-state index in [1.165, 1.54) is 12.0 Å². The number of hydrogen-bond donors (Lipinski definition) is 2. The highest BCUT2D eigenvalue weighted by Crippen LogP contribution is 2.35. The molecule has 2 aromatic rings. The van der Waals surface area contributed by atoms with E-state index in [4.69, 9.17) is 4.74 Å². The number of rotatable bonds is 3. The first-order chi connectivity index (χ1) is 13.0. The third-order valence-electron chi connectivity index (χ3n) is 4.98. The number of ether oxygens (including phenoxy) is 1. The SMILES string of the molecule is COC(=O)c1cc(-c2cccc3c2CN(C2CCC(=O)NC2=O)C3=O)c[nH]1. The molecule has 2 aliphatic rings. The fraction of sp³-hybridized carbons (Fsp3) is 0.263. The standard InChI is InChI=1S/C19H17N3O5/c1-27-19(26)14-7-10(8-20-14)11-3-2-4-12-13(11)9-22(18(12)25)15-5-6-16(23)21-17(15)24/h2-4,7-8,15,20H,5-6,9H2,1H3,(H,21,23,24). The number of amides is 3. The predicted molar refractivity (Wildman–Crippen MR) is 93.6 cm³/mol. The van der Waals surface area contributed by atoms with Gasteiger partial charge in [-0.3, -0.25) is 19.7 Å². The highest BCUT2D eigenvalue weighted by Gasteiger charge is 2.39. The molecule has 1 atom stereocenters. The van der Waals surface area contributed by atoms with Crippen LogP contribution in [0.1, 0.15) is 39.3 Å². The van der Waals surface area contributed by atoms with Crippen molar-refractivity contribution in [3.05, 3.63) is 47.3 Å². The number of nitrogens with zero attached hydrogens (tertiary/aromatic N) is 1. The van der Waals surface area contributed by atoms with E-state index < -0.39 is 17.9 Å². The summed E-state index contributed by atoms with van der Waals surface area (Å²) in [6.07, 6.45) is 2.21. The number of hydrogen-bond acceptors (Lipinski definition) is 5. The molecule has 138 valence electrons. The summed E-state index contributed by atoms with van der Waals surface area (Å²) in [6.45, 7) is 0.273. The number of imide groups is 1. The summed E-state index contributed by atoms with van der Waals surface area (Å²) in [6, 6.07) is 6.36. The van der Waals surface area contributed by atoms with Crippen LogP contribution >= 0.6 is 0 Å². The van der Waals surface area contributed by atoms with Gasteiger partial charge in [0.2, 0.25) is 11.8 Å². The van der Waals surface area contributed by atoms with Gasteiger partial charge in [0.25, 0.3) is 5.91 Å². The first kappa shape index (κ1) is 17.0. The van der Waals surface area contributed by atoms with Crippen molar-refractivity contribution >= 4 is 23.7 Å². The molecule has 0 bridgehead atoms. The Hall–Kier alpha value is -3.42. The van der Waals surface area contributed by atoms with E-state index in [2.05, 4.69) is 10.3 Å². The molecule has 1 fully saturated rings. The van der Waals surface area contributed by atoms with E-state index in [0.29, 0.717) is 17.7 Å². The second-order valence-electron chi connectivity index (χ2n) is 6.53. The highest BCUT2D eigenvalue weighted by atomic mass is 16.5. The summed E-state index contributed by atoms with van der Waals surface area (Å²) in [7, 11) is 1.31. The lowest BCUT2D eigenvalue weighted by molar-refractivity contribution is -0.136. The van der Waals surface area contributed by atoms with Crippen LogP contribution in [0.25, 0.3) is 11.1 Å². The number of carbonyl (C=O) groups is 4. The van der Waals surface area contributed by atoms with Gasteiger partial charge in [0.05, 0.1) is 7.11 Å². The minimum atomic E-state index is -0.660. The normalized spacial score (nSPS) is 19.1. The first-order valence-electron chi connectivity index (χ1n) is 8.53. The lowest BCUT2D eigenvalue weighted by Gasteiger charge is -2.29.